The highest BCUT2D eigenvalue weighted by Gasteiger charge is 2.18. The molecular weight excluding hydrogens is 386 g/mol. The van der Waals surface area contributed by atoms with E-state index in [4.69, 9.17) is 0 Å². The number of allylic oxidation sites excluding steroid dienone is 4. The molecule has 5 unspecified atom stereocenters. The lowest BCUT2D eigenvalue weighted by molar-refractivity contribution is 0.362. The summed E-state index contributed by atoms with van der Waals surface area (Å²) in [5.74, 6) is 3.39. The summed E-state index contributed by atoms with van der Waals surface area (Å²) in [7, 11) is 0. The van der Waals surface area contributed by atoms with Crippen molar-refractivity contribution < 1.29 is 0 Å². The molecule has 5 atom stereocenters. The van der Waals surface area contributed by atoms with Crippen LogP contribution in [0, 0.1) is 43.4 Å². The maximum Gasteiger partial charge on any atom is 0.0419 e. The average Bonchev–Trinajstić information content (AvgIpc) is 2.69. The molecule has 1 N–H and O–H groups in total. The molecule has 1 aliphatic rings. The lowest BCUT2D eigenvalue weighted by atomic mass is 9.82. The first kappa shape index (κ1) is 26.5. The summed E-state index contributed by atoms with van der Waals surface area (Å²) in [5.41, 5.74) is 9.24. The van der Waals surface area contributed by atoms with Crippen molar-refractivity contribution in [2.24, 2.45) is 29.6 Å². The lowest BCUT2D eigenvalue weighted by Gasteiger charge is -2.23. The van der Waals surface area contributed by atoms with Gasteiger partial charge in [0.1, 0.15) is 0 Å². The van der Waals surface area contributed by atoms with E-state index in [0.29, 0.717) is 23.7 Å². The summed E-state index contributed by atoms with van der Waals surface area (Å²) < 4.78 is 0. The molecule has 2 rings (SSSR count). The third kappa shape index (κ3) is 7.68. The lowest BCUT2D eigenvalue weighted by Crippen LogP contribution is -2.12. The van der Waals surface area contributed by atoms with Gasteiger partial charge in [0.25, 0.3) is 0 Å². The highest BCUT2D eigenvalue weighted by molar-refractivity contribution is 5.61. The predicted molar refractivity (Wildman–Crippen MR) is 144 cm³/mol. The summed E-state index contributed by atoms with van der Waals surface area (Å²) >= 11 is 0. The fourth-order valence-corrected chi connectivity index (χ4v) is 5.47. The van der Waals surface area contributed by atoms with Crippen molar-refractivity contribution in [3.63, 3.8) is 0 Å². The molecular formula is C31H49N. The number of hydrogen-bond acceptors (Lipinski definition) is 1. The van der Waals surface area contributed by atoms with Gasteiger partial charge in [0.15, 0.2) is 0 Å². The number of benzene rings is 1. The van der Waals surface area contributed by atoms with Crippen molar-refractivity contribution in [3.8, 4) is 0 Å². The van der Waals surface area contributed by atoms with Crippen molar-refractivity contribution in [1.29, 1.82) is 0 Å². The number of anilines is 1. The van der Waals surface area contributed by atoms with Crippen LogP contribution in [0.2, 0.25) is 0 Å². The number of hydrogen-bond donors (Lipinski definition) is 1. The fraction of sp³-hybridized carbons (Fsp3) is 0.613. The van der Waals surface area contributed by atoms with E-state index in [1.165, 1.54) is 47.2 Å². The molecule has 2 bridgehead atoms. The monoisotopic (exact) mass is 435 g/mol. The Kier molecular flexibility index (Phi) is 9.86. The zero-order valence-electron chi connectivity index (χ0n) is 22.4. The van der Waals surface area contributed by atoms with Crippen LogP contribution >= 0.6 is 0 Å². The average molecular weight is 436 g/mol. The Bertz CT molecular complexity index is 840. The fourth-order valence-electron chi connectivity index (χ4n) is 5.47. The molecule has 1 aliphatic heterocycles. The van der Waals surface area contributed by atoms with Gasteiger partial charge in [0.05, 0.1) is 0 Å². The predicted octanol–water partition coefficient (Wildman–Crippen LogP) is 9.42. The zero-order valence-corrected chi connectivity index (χ0v) is 22.4. The van der Waals surface area contributed by atoms with Crippen molar-refractivity contribution in [3.05, 3.63) is 64.4 Å². The standard InChI is InChI=1S/C31H49N/c1-20-14-21(2)16-26(7)27(8)24(5)12-11-13-25(6)29(10)32-31-19-23(4)18-30(28(31)9)17-22(3)15-20/h13,16,18-22,24,27,32H,10-12,14-15,17H2,1-9H3/b25-13+,26-16+. The van der Waals surface area contributed by atoms with Crippen LogP contribution in [0.4, 0.5) is 5.69 Å². The Balaban J connectivity index is 2.34. The number of nitrogens with one attached hydrogen (secondary N) is 1. The van der Waals surface area contributed by atoms with Crippen molar-refractivity contribution in [1.82, 2.24) is 0 Å². The maximum atomic E-state index is 4.35. The van der Waals surface area contributed by atoms with Gasteiger partial charge in [-0.2, -0.15) is 0 Å². The van der Waals surface area contributed by atoms with E-state index < -0.39 is 0 Å². The Morgan fingerprint density at radius 3 is 2.28 bits per heavy atom. The van der Waals surface area contributed by atoms with E-state index in [9.17, 15) is 0 Å². The molecule has 0 radical (unpaired) electrons. The van der Waals surface area contributed by atoms with Crippen LogP contribution in [0.3, 0.4) is 0 Å². The summed E-state index contributed by atoms with van der Waals surface area (Å²) in [6.07, 6.45) is 11.0. The molecule has 0 aliphatic carbocycles. The van der Waals surface area contributed by atoms with Gasteiger partial charge in [-0.1, -0.05) is 65.0 Å². The highest BCUT2D eigenvalue weighted by atomic mass is 14.9. The van der Waals surface area contributed by atoms with E-state index >= 15 is 0 Å². The van der Waals surface area contributed by atoms with E-state index in [-0.39, 0.29) is 0 Å². The Labute approximate surface area is 199 Å². The van der Waals surface area contributed by atoms with Crippen LogP contribution in [0.25, 0.3) is 0 Å². The van der Waals surface area contributed by atoms with Crippen LogP contribution in [0.15, 0.2) is 47.7 Å². The minimum Gasteiger partial charge on any atom is -0.356 e. The second-order valence-corrected chi connectivity index (χ2v) is 11.2. The molecule has 0 fully saturated rings. The van der Waals surface area contributed by atoms with Gasteiger partial charge < -0.3 is 5.32 Å². The Morgan fingerprint density at radius 2 is 1.59 bits per heavy atom. The quantitative estimate of drug-likeness (QED) is 0.400. The Morgan fingerprint density at radius 1 is 0.906 bits per heavy atom. The van der Waals surface area contributed by atoms with Crippen LogP contribution in [-0.2, 0) is 6.42 Å². The van der Waals surface area contributed by atoms with E-state index in [0.717, 1.165) is 24.5 Å². The first-order valence-corrected chi connectivity index (χ1v) is 12.9. The summed E-state index contributed by atoms with van der Waals surface area (Å²) in [6.45, 7) is 25.5. The number of rotatable bonds is 0. The van der Waals surface area contributed by atoms with Crippen LogP contribution < -0.4 is 5.32 Å². The minimum absolute atomic E-state index is 0.635. The van der Waals surface area contributed by atoms with Gasteiger partial charge in [-0.3, -0.25) is 0 Å². The molecule has 1 nitrogen and oxygen atoms in total. The second-order valence-electron chi connectivity index (χ2n) is 11.2. The Hall–Kier alpha value is -1.76. The van der Waals surface area contributed by atoms with Crippen molar-refractivity contribution >= 4 is 5.69 Å². The molecule has 1 heteroatoms. The van der Waals surface area contributed by atoms with Crippen LogP contribution in [-0.4, -0.2) is 0 Å². The van der Waals surface area contributed by atoms with E-state index in [2.05, 4.69) is 98.5 Å². The minimum atomic E-state index is 0.635. The maximum absolute atomic E-state index is 4.35. The first-order valence-electron chi connectivity index (χ1n) is 12.9. The van der Waals surface area contributed by atoms with Gasteiger partial charge in [0.2, 0.25) is 0 Å². The van der Waals surface area contributed by atoms with E-state index in [1.54, 1.807) is 5.57 Å². The zero-order chi connectivity index (χ0) is 24.0. The number of aryl methyl sites for hydroxylation is 1. The molecule has 0 spiro atoms. The van der Waals surface area contributed by atoms with Crippen molar-refractivity contribution in [2.45, 2.75) is 94.4 Å². The molecule has 0 saturated heterocycles. The summed E-state index contributed by atoms with van der Waals surface area (Å²) in [4.78, 5) is 0. The van der Waals surface area contributed by atoms with Gasteiger partial charge in [-0.15, -0.1) is 0 Å². The molecule has 32 heavy (non-hydrogen) atoms. The second kappa shape index (κ2) is 11.9. The largest absolute Gasteiger partial charge is 0.356 e. The molecule has 0 aromatic heterocycles. The smallest absolute Gasteiger partial charge is 0.0419 e. The summed E-state index contributed by atoms with van der Waals surface area (Å²) in [5, 5.41) is 3.64. The molecule has 0 saturated carbocycles. The van der Waals surface area contributed by atoms with Gasteiger partial charge >= 0.3 is 0 Å². The topological polar surface area (TPSA) is 12.0 Å². The van der Waals surface area contributed by atoms with Crippen molar-refractivity contribution in [2.75, 3.05) is 5.32 Å². The number of fused-ring (bicyclic) bond motifs is 2. The first-order chi connectivity index (χ1) is 15.0. The SMILES string of the molecule is C=C1Nc2cc(C)cc(c2C)CC(C)CC(C)CC(C)/C=C(\C)C(C)C(C)CC/C=C/1C. The van der Waals surface area contributed by atoms with Gasteiger partial charge in [-0.25, -0.2) is 0 Å². The molecule has 178 valence electrons. The third-order valence-electron chi connectivity index (χ3n) is 7.76. The van der Waals surface area contributed by atoms with Crippen LogP contribution in [0.1, 0.15) is 90.8 Å². The van der Waals surface area contributed by atoms with Gasteiger partial charge in [-0.05, 0) is 118 Å². The molecule has 1 aromatic carbocycles. The van der Waals surface area contributed by atoms with Crippen LogP contribution in [0.5, 0.6) is 0 Å². The summed E-state index contributed by atoms with van der Waals surface area (Å²) in [6, 6.07) is 4.65. The molecule has 1 heterocycles. The van der Waals surface area contributed by atoms with E-state index in [1.807, 2.05) is 0 Å². The normalized spacial score (nSPS) is 32.4. The van der Waals surface area contributed by atoms with Gasteiger partial charge in [0, 0.05) is 11.4 Å². The third-order valence-corrected chi connectivity index (χ3v) is 7.76. The molecule has 1 aromatic rings. The highest BCUT2D eigenvalue weighted by Crippen LogP contribution is 2.31. The molecule has 0 amide bonds.